The second-order valence-electron chi connectivity index (χ2n) is 10.6. The summed E-state index contributed by atoms with van der Waals surface area (Å²) in [5, 5.41) is 0. The summed E-state index contributed by atoms with van der Waals surface area (Å²) in [6.45, 7) is 5.86. The third kappa shape index (κ3) is 5.06. The van der Waals surface area contributed by atoms with Crippen LogP contribution in [0.25, 0.3) is 0 Å². The van der Waals surface area contributed by atoms with Crippen molar-refractivity contribution in [1.29, 1.82) is 0 Å². The van der Waals surface area contributed by atoms with Gasteiger partial charge in [-0.05, 0) is 58.1 Å². The van der Waals surface area contributed by atoms with Crippen molar-refractivity contribution in [3.05, 3.63) is 30.1 Å². The smallest absolute Gasteiger partial charge is 0.397 e. The molecule has 2 saturated carbocycles. The lowest BCUT2D eigenvalue weighted by atomic mass is 9.78. The highest BCUT2D eigenvalue weighted by Crippen LogP contribution is 2.53. The maximum atomic E-state index is 13.0. The fraction of sp³-hybridized carbons (Fsp3) is 0.667. The van der Waals surface area contributed by atoms with E-state index in [-0.39, 0.29) is 30.8 Å². The molecule has 33 heavy (non-hydrogen) atoms. The van der Waals surface area contributed by atoms with Crippen LogP contribution in [0.15, 0.2) is 29.4 Å². The molecule has 1 saturated heterocycles. The number of fused-ring (bicyclic) bond motifs is 2. The van der Waals surface area contributed by atoms with Gasteiger partial charge in [0.2, 0.25) is 5.91 Å². The Bertz CT molecular complexity index is 942. The quantitative estimate of drug-likeness (QED) is 0.625. The highest BCUT2D eigenvalue weighted by atomic mass is 19.4. The first kappa shape index (κ1) is 23.7. The van der Waals surface area contributed by atoms with Crippen LogP contribution in [0, 0.1) is 23.2 Å². The number of amides is 1. The topological polar surface area (TPSA) is 71.9 Å². The first-order chi connectivity index (χ1) is 15.4. The molecule has 1 aromatic heterocycles. The van der Waals surface area contributed by atoms with Gasteiger partial charge in [0, 0.05) is 30.3 Å². The maximum absolute atomic E-state index is 13.0. The van der Waals surface area contributed by atoms with Gasteiger partial charge in [0.1, 0.15) is 12.0 Å². The molecule has 0 N–H and O–H groups in total. The standard InChI is InChI=1S/C24H30F3N3O3/c1-22(2,3)21(32)33-23-10-16-8-15(13-30(14-23)19(31)11-24(25,26)27)9-18(23)20(16)29-12-17-6-4-5-7-28-17/h4-7,15-16,18H,8-14H2,1-3H3/t15?,16-,18-,23?/m1/s1. The van der Waals surface area contributed by atoms with E-state index in [1.807, 2.05) is 18.2 Å². The Hall–Kier alpha value is -2.45. The van der Waals surface area contributed by atoms with Crippen molar-refractivity contribution in [2.24, 2.45) is 28.2 Å². The Morgan fingerprint density at radius 1 is 1.24 bits per heavy atom. The molecule has 3 bridgehead atoms. The number of carbonyl (C=O) groups excluding carboxylic acids is 2. The number of halogens is 3. The molecule has 180 valence electrons. The molecule has 2 unspecified atom stereocenters. The van der Waals surface area contributed by atoms with Crippen LogP contribution in [0.5, 0.6) is 0 Å². The fourth-order valence-electron chi connectivity index (χ4n) is 5.47. The summed E-state index contributed by atoms with van der Waals surface area (Å²) in [5.41, 5.74) is -0.0577. The molecule has 1 amide bonds. The van der Waals surface area contributed by atoms with Crippen LogP contribution in [0.2, 0.25) is 0 Å². The van der Waals surface area contributed by atoms with Crippen molar-refractivity contribution in [2.75, 3.05) is 13.1 Å². The number of hydrogen-bond acceptors (Lipinski definition) is 5. The van der Waals surface area contributed by atoms with E-state index < -0.39 is 35.5 Å². The number of likely N-dealkylation sites (tertiary alicyclic amines) is 1. The number of esters is 1. The van der Waals surface area contributed by atoms with Crippen LogP contribution in [0.1, 0.15) is 52.1 Å². The SMILES string of the molecule is CC(C)(C)C(=O)OC12C[C@H]3CC(C[C@@H]1C3=NCc1ccccn1)CN(C(=O)CC(F)(F)F)C2. The monoisotopic (exact) mass is 465 g/mol. The number of aromatic nitrogens is 1. The maximum Gasteiger partial charge on any atom is 0.397 e. The molecule has 0 aromatic carbocycles. The molecular weight excluding hydrogens is 435 g/mol. The molecule has 2 aliphatic carbocycles. The molecule has 6 nitrogen and oxygen atoms in total. The van der Waals surface area contributed by atoms with Crippen LogP contribution in [-0.2, 0) is 20.9 Å². The largest absolute Gasteiger partial charge is 0.456 e. The fourth-order valence-corrected chi connectivity index (χ4v) is 5.47. The molecule has 0 radical (unpaired) electrons. The molecule has 3 fully saturated rings. The van der Waals surface area contributed by atoms with Crippen molar-refractivity contribution in [3.8, 4) is 0 Å². The Morgan fingerprint density at radius 2 is 2.00 bits per heavy atom. The van der Waals surface area contributed by atoms with E-state index in [1.54, 1.807) is 27.0 Å². The number of ether oxygens (including phenoxy) is 1. The second kappa shape index (κ2) is 8.40. The second-order valence-corrected chi connectivity index (χ2v) is 10.6. The number of nitrogens with zero attached hydrogens (tertiary/aromatic N) is 3. The van der Waals surface area contributed by atoms with Crippen LogP contribution < -0.4 is 0 Å². The van der Waals surface area contributed by atoms with E-state index in [9.17, 15) is 22.8 Å². The average Bonchev–Trinajstić information content (AvgIpc) is 2.80. The molecule has 1 aliphatic heterocycles. The van der Waals surface area contributed by atoms with Crippen molar-refractivity contribution in [2.45, 2.75) is 64.8 Å². The molecule has 4 rings (SSSR count). The van der Waals surface area contributed by atoms with Gasteiger partial charge in [0.05, 0.1) is 24.2 Å². The van der Waals surface area contributed by atoms with Gasteiger partial charge in [-0.25, -0.2) is 0 Å². The summed E-state index contributed by atoms with van der Waals surface area (Å²) >= 11 is 0. The number of aliphatic imine (C=N–C) groups is 1. The average molecular weight is 466 g/mol. The molecule has 2 heterocycles. The zero-order valence-electron chi connectivity index (χ0n) is 19.2. The highest BCUT2D eigenvalue weighted by Gasteiger charge is 2.61. The normalized spacial score (nSPS) is 30.4. The van der Waals surface area contributed by atoms with E-state index in [4.69, 9.17) is 9.73 Å². The summed E-state index contributed by atoms with van der Waals surface area (Å²) in [6, 6.07) is 5.61. The van der Waals surface area contributed by atoms with Crippen LogP contribution in [0.4, 0.5) is 13.2 Å². The van der Waals surface area contributed by atoms with E-state index >= 15 is 0 Å². The van der Waals surface area contributed by atoms with Crippen LogP contribution in [-0.4, -0.2) is 52.3 Å². The van der Waals surface area contributed by atoms with Gasteiger partial charge < -0.3 is 9.64 Å². The molecule has 0 spiro atoms. The van der Waals surface area contributed by atoms with Gasteiger partial charge in [-0.3, -0.25) is 19.6 Å². The Morgan fingerprint density at radius 3 is 2.64 bits per heavy atom. The van der Waals surface area contributed by atoms with E-state index in [1.165, 1.54) is 4.90 Å². The van der Waals surface area contributed by atoms with Gasteiger partial charge in [-0.2, -0.15) is 13.2 Å². The zero-order chi connectivity index (χ0) is 24.0. The summed E-state index contributed by atoms with van der Waals surface area (Å²) in [4.78, 5) is 35.9. The number of carbonyl (C=O) groups is 2. The van der Waals surface area contributed by atoms with Gasteiger partial charge in [-0.1, -0.05) is 6.07 Å². The van der Waals surface area contributed by atoms with Gasteiger partial charge in [-0.15, -0.1) is 0 Å². The minimum absolute atomic E-state index is 0.0238. The van der Waals surface area contributed by atoms with Gasteiger partial charge in [0.25, 0.3) is 0 Å². The van der Waals surface area contributed by atoms with E-state index in [0.717, 1.165) is 17.8 Å². The molecule has 9 heteroatoms. The van der Waals surface area contributed by atoms with Gasteiger partial charge >= 0.3 is 12.1 Å². The first-order valence-electron chi connectivity index (χ1n) is 11.4. The lowest BCUT2D eigenvalue weighted by Gasteiger charge is -2.38. The number of hydrogen-bond donors (Lipinski definition) is 0. The third-order valence-electron chi connectivity index (χ3n) is 6.89. The van der Waals surface area contributed by atoms with E-state index in [0.29, 0.717) is 19.4 Å². The van der Waals surface area contributed by atoms with Crippen LogP contribution in [0.3, 0.4) is 0 Å². The Labute approximate surface area is 191 Å². The predicted octanol–water partition coefficient (Wildman–Crippen LogP) is 4.19. The van der Waals surface area contributed by atoms with Crippen molar-refractivity contribution in [1.82, 2.24) is 9.88 Å². The number of alkyl halides is 3. The lowest BCUT2D eigenvalue weighted by Crippen LogP contribution is -2.51. The summed E-state index contributed by atoms with van der Waals surface area (Å²) in [5.74, 6) is -1.44. The molecule has 3 aliphatic rings. The van der Waals surface area contributed by atoms with Gasteiger partial charge in [0.15, 0.2) is 0 Å². The van der Waals surface area contributed by atoms with Crippen molar-refractivity contribution >= 4 is 17.6 Å². The zero-order valence-corrected chi connectivity index (χ0v) is 19.2. The first-order valence-corrected chi connectivity index (χ1v) is 11.4. The Kier molecular flexibility index (Phi) is 6.03. The summed E-state index contributed by atoms with van der Waals surface area (Å²) in [7, 11) is 0. The van der Waals surface area contributed by atoms with Crippen LogP contribution >= 0.6 is 0 Å². The lowest BCUT2D eigenvalue weighted by molar-refractivity contribution is -0.179. The number of rotatable bonds is 4. The highest BCUT2D eigenvalue weighted by molar-refractivity contribution is 5.94. The summed E-state index contributed by atoms with van der Waals surface area (Å²) < 4.78 is 45.0. The molecule has 4 atom stereocenters. The molecule has 1 aromatic rings. The van der Waals surface area contributed by atoms with Crippen molar-refractivity contribution < 1.29 is 27.5 Å². The predicted molar refractivity (Wildman–Crippen MR) is 115 cm³/mol. The molecular formula is C24H30F3N3O3. The van der Waals surface area contributed by atoms with E-state index in [2.05, 4.69) is 4.98 Å². The summed E-state index contributed by atoms with van der Waals surface area (Å²) in [6.07, 6.45) is -2.53. The minimum Gasteiger partial charge on any atom is -0.456 e. The third-order valence-corrected chi connectivity index (χ3v) is 6.89. The minimum atomic E-state index is -4.58. The van der Waals surface area contributed by atoms with Crippen molar-refractivity contribution in [3.63, 3.8) is 0 Å². The Balaban J connectivity index is 1.66. The number of pyridine rings is 1.